The van der Waals surface area contributed by atoms with Crippen LogP contribution >= 0.6 is 34.4 Å². The molecule has 0 saturated carbocycles. The zero-order chi connectivity index (χ0) is 15.1. The molecule has 2 N–H and O–H groups in total. The molecule has 2 aromatic rings. The molecule has 0 aliphatic carbocycles. The molecule has 0 aromatic carbocycles. The van der Waals surface area contributed by atoms with E-state index in [2.05, 4.69) is 27.8 Å². The van der Waals surface area contributed by atoms with Crippen LogP contribution in [0.15, 0.2) is 21.9 Å². The number of thiophene rings is 1. The van der Waals surface area contributed by atoms with Crippen LogP contribution in [0.4, 0.5) is 5.13 Å². The maximum atomic E-state index is 11.9. The minimum atomic E-state index is 0.0131. The highest BCUT2D eigenvalue weighted by atomic mass is 32.2. The number of nitrogens with one attached hydrogen (secondary N) is 2. The third-order valence-corrected chi connectivity index (χ3v) is 5.68. The first-order valence-corrected chi connectivity index (χ1v) is 9.40. The molecule has 0 fully saturated rings. The summed E-state index contributed by atoms with van der Waals surface area (Å²) in [6.45, 7) is 4.98. The monoisotopic (exact) mass is 342 g/mol. The van der Waals surface area contributed by atoms with Gasteiger partial charge >= 0.3 is 0 Å². The average molecular weight is 343 g/mol. The van der Waals surface area contributed by atoms with Crippen molar-refractivity contribution in [1.29, 1.82) is 0 Å². The van der Waals surface area contributed by atoms with Gasteiger partial charge in [-0.05, 0) is 24.8 Å². The van der Waals surface area contributed by atoms with Crippen molar-refractivity contribution in [2.75, 3.05) is 17.6 Å². The van der Waals surface area contributed by atoms with Gasteiger partial charge in [0.25, 0.3) is 0 Å². The van der Waals surface area contributed by atoms with Crippen LogP contribution in [0.5, 0.6) is 0 Å². The standard InChI is InChI=1S/C13H18N4OS3/c1-3-6-14-12-16-17-13(21-12)20-8-11(18)15-9(2)10-5-4-7-19-10/h4-5,7,9H,3,6,8H2,1-2H3,(H,14,16)(H,15,18). The topological polar surface area (TPSA) is 66.9 Å². The van der Waals surface area contributed by atoms with Gasteiger partial charge in [-0.3, -0.25) is 4.79 Å². The summed E-state index contributed by atoms with van der Waals surface area (Å²) >= 11 is 4.55. The molecule has 0 aliphatic heterocycles. The zero-order valence-electron chi connectivity index (χ0n) is 12.0. The molecular formula is C13H18N4OS3. The SMILES string of the molecule is CCCNc1nnc(SCC(=O)NC(C)c2cccs2)s1. The highest BCUT2D eigenvalue weighted by Gasteiger charge is 2.12. The Labute approximate surface area is 136 Å². The van der Waals surface area contributed by atoms with E-state index >= 15 is 0 Å². The predicted molar refractivity (Wildman–Crippen MR) is 90.3 cm³/mol. The number of aromatic nitrogens is 2. The molecule has 114 valence electrons. The summed E-state index contributed by atoms with van der Waals surface area (Å²) in [6.07, 6.45) is 1.05. The van der Waals surface area contributed by atoms with Crippen LogP contribution in [0.1, 0.15) is 31.2 Å². The van der Waals surface area contributed by atoms with Gasteiger partial charge in [0.05, 0.1) is 11.8 Å². The summed E-state index contributed by atoms with van der Waals surface area (Å²) in [4.78, 5) is 13.1. The molecule has 2 aromatic heterocycles. The summed E-state index contributed by atoms with van der Waals surface area (Å²) in [5, 5.41) is 17.1. The lowest BCUT2D eigenvalue weighted by Crippen LogP contribution is -2.27. The predicted octanol–water partition coefficient (Wildman–Crippen LogP) is 3.39. The van der Waals surface area contributed by atoms with E-state index in [9.17, 15) is 4.79 Å². The van der Waals surface area contributed by atoms with Crippen LogP contribution in [0, 0.1) is 0 Å². The van der Waals surface area contributed by atoms with Gasteiger partial charge in [0.1, 0.15) is 0 Å². The normalized spacial score (nSPS) is 12.1. The van der Waals surface area contributed by atoms with Gasteiger partial charge in [-0.1, -0.05) is 36.1 Å². The van der Waals surface area contributed by atoms with Gasteiger partial charge in [-0.15, -0.1) is 21.5 Å². The van der Waals surface area contributed by atoms with Crippen LogP contribution in [0.3, 0.4) is 0 Å². The second kappa shape index (κ2) is 8.35. The number of amides is 1. The van der Waals surface area contributed by atoms with Gasteiger partial charge in [0.2, 0.25) is 11.0 Å². The fourth-order valence-electron chi connectivity index (χ4n) is 1.59. The van der Waals surface area contributed by atoms with E-state index in [1.807, 2.05) is 24.4 Å². The van der Waals surface area contributed by atoms with Crippen molar-refractivity contribution in [2.45, 2.75) is 30.6 Å². The Morgan fingerprint density at radius 1 is 1.48 bits per heavy atom. The number of hydrogen-bond acceptors (Lipinski definition) is 7. The van der Waals surface area contributed by atoms with Gasteiger partial charge in [0.15, 0.2) is 4.34 Å². The van der Waals surface area contributed by atoms with Gasteiger partial charge in [-0.2, -0.15) is 0 Å². The molecule has 0 radical (unpaired) electrons. The number of nitrogens with zero attached hydrogens (tertiary/aromatic N) is 2. The van der Waals surface area contributed by atoms with Crippen LogP contribution in [0.2, 0.25) is 0 Å². The average Bonchev–Trinajstić information content (AvgIpc) is 3.14. The molecule has 1 unspecified atom stereocenters. The Bertz CT molecular complexity index is 556. The third-order valence-electron chi connectivity index (χ3n) is 2.61. The maximum absolute atomic E-state index is 11.9. The molecule has 8 heteroatoms. The number of anilines is 1. The maximum Gasteiger partial charge on any atom is 0.230 e. The molecule has 2 heterocycles. The van der Waals surface area contributed by atoms with E-state index in [4.69, 9.17) is 0 Å². The molecule has 1 amide bonds. The van der Waals surface area contributed by atoms with E-state index in [1.54, 1.807) is 11.3 Å². The van der Waals surface area contributed by atoms with E-state index in [-0.39, 0.29) is 11.9 Å². The Hall–Kier alpha value is -1.12. The minimum Gasteiger partial charge on any atom is -0.360 e. The zero-order valence-corrected chi connectivity index (χ0v) is 14.4. The van der Waals surface area contributed by atoms with Crippen LogP contribution < -0.4 is 10.6 Å². The number of carbonyl (C=O) groups is 1. The lowest BCUT2D eigenvalue weighted by atomic mass is 10.3. The van der Waals surface area contributed by atoms with Crippen molar-refractivity contribution in [2.24, 2.45) is 0 Å². The molecular weight excluding hydrogens is 324 g/mol. The van der Waals surface area contributed by atoms with Crippen LogP contribution in [0.25, 0.3) is 0 Å². The summed E-state index contributed by atoms with van der Waals surface area (Å²) in [6, 6.07) is 4.07. The molecule has 0 bridgehead atoms. The first kappa shape index (κ1) is 16.3. The Morgan fingerprint density at radius 3 is 3.05 bits per heavy atom. The molecule has 1 atom stereocenters. The van der Waals surface area contributed by atoms with Crippen molar-refractivity contribution in [3.8, 4) is 0 Å². The summed E-state index contributed by atoms with van der Waals surface area (Å²) < 4.78 is 0.813. The molecule has 21 heavy (non-hydrogen) atoms. The largest absolute Gasteiger partial charge is 0.360 e. The summed E-state index contributed by atoms with van der Waals surface area (Å²) in [7, 11) is 0. The first-order valence-electron chi connectivity index (χ1n) is 6.72. The summed E-state index contributed by atoms with van der Waals surface area (Å²) in [5.41, 5.74) is 0. The molecule has 5 nitrogen and oxygen atoms in total. The third kappa shape index (κ3) is 5.29. The van der Waals surface area contributed by atoms with E-state index in [0.29, 0.717) is 5.75 Å². The summed E-state index contributed by atoms with van der Waals surface area (Å²) in [5.74, 6) is 0.372. The number of thioether (sulfide) groups is 1. The number of rotatable bonds is 8. The first-order chi connectivity index (χ1) is 10.2. The van der Waals surface area contributed by atoms with Crippen molar-refractivity contribution >= 4 is 45.5 Å². The van der Waals surface area contributed by atoms with Crippen molar-refractivity contribution in [3.05, 3.63) is 22.4 Å². The van der Waals surface area contributed by atoms with E-state index < -0.39 is 0 Å². The lowest BCUT2D eigenvalue weighted by molar-refractivity contribution is -0.119. The van der Waals surface area contributed by atoms with E-state index in [1.165, 1.54) is 23.1 Å². The Morgan fingerprint density at radius 2 is 2.33 bits per heavy atom. The number of hydrogen-bond donors (Lipinski definition) is 2. The number of carbonyl (C=O) groups excluding carboxylic acids is 1. The van der Waals surface area contributed by atoms with Crippen molar-refractivity contribution < 1.29 is 4.79 Å². The van der Waals surface area contributed by atoms with Crippen LogP contribution in [-0.2, 0) is 4.79 Å². The van der Waals surface area contributed by atoms with Crippen LogP contribution in [-0.4, -0.2) is 28.4 Å². The highest BCUT2D eigenvalue weighted by molar-refractivity contribution is 8.01. The molecule has 0 saturated heterocycles. The van der Waals surface area contributed by atoms with Gasteiger partial charge < -0.3 is 10.6 Å². The molecule has 2 rings (SSSR count). The Balaban J connectivity index is 1.74. The molecule has 0 spiro atoms. The van der Waals surface area contributed by atoms with Crippen molar-refractivity contribution in [3.63, 3.8) is 0 Å². The smallest absolute Gasteiger partial charge is 0.230 e. The van der Waals surface area contributed by atoms with Crippen molar-refractivity contribution in [1.82, 2.24) is 15.5 Å². The minimum absolute atomic E-state index is 0.0131. The quantitative estimate of drug-likeness (QED) is 0.720. The highest BCUT2D eigenvalue weighted by Crippen LogP contribution is 2.25. The lowest BCUT2D eigenvalue weighted by Gasteiger charge is -2.11. The van der Waals surface area contributed by atoms with Gasteiger partial charge in [-0.25, -0.2) is 0 Å². The second-order valence-corrected chi connectivity index (χ2v) is 7.57. The fourth-order valence-corrected chi connectivity index (χ4v) is 3.91. The second-order valence-electron chi connectivity index (χ2n) is 4.39. The fraction of sp³-hybridized carbons (Fsp3) is 0.462. The van der Waals surface area contributed by atoms with Gasteiger partial charge in [0, 0.05) is 11.4 Å². The van der Waals surface area contributed by atoms with E-state index in [0.717, 1.165) is 27.3 Å². The molecule has 0 aliphatic rings. The Kier molecular flexibility index (Phi) is 6.47.